The minimum absolute atomic E-state index is 0.207. The molecule has 1 aliphatic carbocycles. The number of carbonyl (C=O) groups is 1. The third-order valence-corrected chi connectivity index (χ3v) is 6.78. The van der Waals surface area contributed by atoms with Gasteiger partial charge in [0.25, 0.3) is 5.91 Å². The highest BCUT2D eigenvalue weighted by Gasteiger charge is 2.23. The summed E-state index contributed by atoms with van der Waals surface area (Å²) in [7, 11) is 1.61. The normalized spacial score (nSPS) is 16.0. The van der Waals surface area contributed by atoms with E-state index in [0.717, 1.165) is 40.0 Å². The fraction of sp³-hybridized carbons (Fsp3) is 0.364. The molecule has 1 unspecified atom stereocenters. The van der Waals surface area contributed by atoms with Gasteiger partial charge in [-0.1, -0.05) is 19.4 Å². The molecule has 3 N–H and O–H groups in total. The van der Waals surface area contributed by atoms with Gasteiger partial charge in [-0.25, -0.2) is 4.98 Å². The Balaban J connectivity index is 1.67. The Bertz CT molecular complexity index is 1060. The summed E-state index contributed by atoms with van der Waals surface area (Å²) in [4.78, 5) is 19.1. The number of nitrogens with one attached hydrogen (secondary N) is 1. The van der Waals surface area contributed by atoms with Crippen LogP contribution in [0.15, 0.2) is 24.3 Å². The van der Waals surface area contributed by atoms with Gasteiger partial charge in [-0.05, 0) is 55.4 Å². The van der Waals surface area contributed by atoms with Crippen LogP contribution < -0.4 is 15.8 Å². The van der Waals surface area contributed by atoms with Crippen LogP contribution in [0.3, 0.4) is 0 Å². The number of fused-ring (bicyclic) bond motifs is 2. The second-order valence-electron chi connectivity index (χ2n) is 7.44. The molecule has 6 heteroatoms. The van der Waals surface area contributed by atoms with Crippen molar-refractivity contribution >= 4 is 38.8 Å². The zero-order valence-electron chi connectivity index (χ0n) is 16.5. The van der Waals surface area contributed by atoms with Gasteiger partial charge >= 0.3 is 0 Å². The minimum Gasteiger partial charge on any atom is -0.497 e. The number of benzene rings is 1. The number of pyridine rings is 1. The van der Waals surface area contributed by atoms with Crippen LogP contribution in [0, 0.1) is 12.8 Å². The number of hydrogen-bond donors (Lipinski definition) is 2. The summed E-state index contributed by atoms with van der Waals surface area (Å²) >= 11 is 1.37. The van der Waals surface area contributed by atoms with E-state index < -0.39 is 0 Å². The molecule has 3 aromatic rings. The maximum absolute atomic E-state index is 12.9. The fourth-order valence-electron chi connectivity index (χ4n) is 3.82. The summed E-state index contributed by atoms with van der Waals surface area (Å²) in [6.07, 6.45) is 4.43. The molecular formula is C22H25N3O2S. The van der Waals surface area contributed by atoms with Crippen molar-refractivity contribution in [1.29, 1.82) is 0 Å². The lowest BCUT2D eigenvalue weighted by atomic mass is 9.85. The number of ether oxygens (including phenoxy) is 1. The molecule has 0 saturated carbocycles. The molecule has 1 atom stereocenters. The highest BCUT2D eigenvalue weighted by atomic mass is 32.1. The first kappa shape index (κ1) is 18.7. The number of anilines is 2. The molecular weight excluding hydrogens is 370 g/mol. The third kappa shape index (κ3) is 3.33. The molecule has 0 saturated heterocycles. The Kier molecular flexibility index (Phi) is 4.98. The number of thiophene rings is 1. The first-order valence-electron chi connectivity index (χ1n) is 9.66. The number of rotatable bonds is 4. The maximum atomic E-state index is 12.9. The second-order valence-corrected chi connectivity index (χ2v) is 8.44. The van der Waals surface area contributed by atoms with Crippen LogP contribution in [0.4, 0.5) is 11.4 Å². The quantitative estimate of drug-likeness (QED) is 0.654. The summed E-state index contributed by atoms with van der Waals surface area (Å²) < 4.78 is 5.26. The van der Waals surface area contributed by atoms with Crippen molar-refractivity contribution in [3.05, 3.63) is 46.0 Å². The zero-order chi connectivity index (χ0) is 19.8. The molecule has 0 spiro atoms. The number of carbonyl (C=O) groups excluding carboxylic acids is 1. The number of amides is 1. The maximum Gasteiger partial charge on any atom is 0.267 e. The average Bonchev–Trinajstić information content (AvgIpc) is 3.03. The smallest absolute Gasteiger partial charge is 0.267 e. The van der Waals surface area contributed by atoms with E-state index >= 15 is 0 Å². The molecule has 0 aliphatic heterocycles. The van der Waals surface area contributed by atoms with Gasteiger partial charge in [-0.3, -0.25) is 4.79 Å². The number of nitrogens with two attached hydrogens (primary N) is 1. The van der Waals surface area contributed by atoms with Gasteiger partial charge in [-0.15, -0.1) is 11.3 Å². The van der Waals surface area contributed by atoms with E-state index in [2.05, 4.69) is 18.3 Å². The van der Waals surface area contributed by atoms with E-state index in [-0.39, 0.29) is 5.91 Å². The highest BCUT2D eigenvalue weighted by molar-refractivity contribution is 7.21. The van der Waals surface area contributed by atoms with Crippen LogP contribution in [0.2, 0.25) is 0 Å². The summed E-state index contributed by atoms with van der Waals surface area (Å²) in [6, 6.07) is 7.76. The van der Waals surface area contributed by atoms with Crippen molar-refractivity contribution in [1.82, 2.24) is 4.98 Å². The number of hydrogen-bond acceptors (Lipinski definition) is 5. The molecule has 0 bridgehead atoms. The highest BCUT2D eigenvalue weighted by Crippen LogP contribution is 2.37. The lowest BCUT2D eigenvalue weighted by molar-refractivity contribution is 0.103. The predicted molar refractivity (Wildman–Crippen MR) is 116 cm³/mol. The SMILES string of the molecule is CCC1CCc2nc3sc(C(=O)Nc4cc(OC)ccc4C)c(N)c3cc2C1. The summed E-state index contributed by atoms with van der Waals surface area (Å²) in [6.45, 7) is 4.19. The monoisotopic (exact) mass is 395 g/mol. The number of nitrogen functional groups attached to an aromatic ring is 1. The molecule has 1 amide bonds. The third-order valence-electron chi connectivity index (χ3n) is 5.66. The van der Waals surface area contributed by atoms with Gasteiger partial charge in [0, 0.05) is 22.8 Å². The van der Waals surface area contributed by atoms with Gasteiger partial charge in [0.05, 0.1) is 12.8 Å². The van der Waals surface area contributed by atoms with Gasteiger partial charge in [0.15, 0.2) is 0 Å². The Morgan fingerprint density at radius 3 is 2.96 bits per heavy atom. The van der Waals surface area contributed by atoms with E-state index in [4.69, 9.17) is 15.5 Å². The lowest BCUT2D eigenvalue weighted by Crippen LogP contribution is -2.14. The number of methoxy groups -OCH3 is 1. The van der Waals surface area contributed by atoms with Gasteiger partial charge in [0.1, 0.15) is 15.5 Å². The van der Waals surface area contributed by atoms with Crippen molar-refractivity contribution in [2.24, 2.45) is 5.92 Å². The summed E-state index contributed by atoms with van der Waals surface area (Å²) in [5.41, 5.74) is 11.0. The van der Waals surface area contributed by atoms with Crippen molar-refractivity contribution < 1.29 is 9.53 Å². The molecule has 28 heavy (non-hydrogen) atoms. The molecule has 5 nitrogen and oxygen atoms in total. The van der Waals surface area contributed by atoms with Crippen molar-refractivity contribution in [3.63, 3.8) is 0 Å². The average molecular weight is 396 g/mol. The Hall–Kier alpha value is -2.60. The Labute approximate surface area is 168 Å². The van der Waals surface area contributed by atoms with Crippen LogP contribution in [-0.2, 0) is 12.8 Å². The molecule has 146 valence electrons. The molecule has 0 fully saturated rings. The van der Waals surface area contributed by atoms with Gasteiger partial charge in [0.2, 0.25) is 0 Å². The lowest BCUT2D eigenvalue weighted by Gasteiger charge is -2.22. The fourth-order valence-corrected chi connectivity index (χ4v) is 4.82. The second kappa shape index (κ2) is 7.43. The van der Waals surface area contributed by atoms with E-state index in [0.29, 0.717) is 22.2 Å². The molecule has 1 aromatic carbocycles. The van der Waals surface area contributed by atoms with Crippen LogP contribution >= 0.6 is 11.3 Å². The Morgan fingerprint density at radius 2 is 2.21 bits per heavy atom. The van der Waals surface area contributed by atoms with Gasteiger partial charge in [-0.2, -0.15) is 0 Å². The van der Waals surface area contributed by atoms with Crippen LogP contribution in [-0.4, -0.2) is 18.0 Å². The van der Waals surface area contributed by atoms with Crippen LogP contribution in [0.1, 0.15) is 46.3 Å². The number of aryl methyl sites for hydroxylation is 2. The van der Waals surface area contributed by atoms with Crippen LogP contribution in [0.25, 0.3) is 10.2 Å². The summed E-state index contributed by atoms with van der Waals surface area (Å²) in [5, 5.41) is 3.87. The number of nitrogens with zero attached hydrogens (tertiary/aromatic N) is 1. The first-order chi connectivity index (χ1) is 13.5. The largest absolute Gasteiger partial charge is 0.497 e. The minimum atomic E-state index is -0.207. The van der Waals surface area contributed by atoms with E-state index in [1.807, 2.05) is 25.1 Å². The Morgan fingerprint density at radius 1 is 1.39 bits per heavy atom. The van der Waals surface area contributed by atoms with Crippen LogP contribution in [0.5, 0.6) is 5.75 Å². The van der Waals surface area contributed by atoms with Gasteiger partial charge < -0.3 is 15.8 Å². The first-order valence-corrected chi connectivity index (χ1v) is 10.5. The molecule has 1 aliphatic rings. The van der Waals surface area contributed by atoms with E-state index in [9.17, 15) is 4.79 Å². The topological polar surface area (TPSA) is 77.2 Å². The van der Waals surface area contributed by atoms with Crippen molar-refractivity contribution in [3.8, 4) is 5.75 Å². The zero-order valence-corrected chi connectivity index (χ0v) is 17.3. The molecule has 4 rings (SSSR count). The standard InChI is InChI=1S/C22H25N3O2S/c1-4-13-6-8-17-14(9-13)10-16-19(23)20(28-22(16)25-17)21(26)24-18-11-15(27-3)7-5-12(18)2/h5,7,10-11,13H,4,6,8-9,23H2,1-3H3,(H,24,26). The van der Waals surface area contributed by atoms with E-state index in [1.54, 1.807) is 7.11 Å². The molecule has 2 heterocycles. The van der Waals surface area contributed by atoms with E-state index in [1.165, 1.54) is 29.7 Å². The van der Waals surface area contributed by atoms with Crippen molar-refractivity contribution in [2.75, 3.05) is 18.2 Å². The molecule has 0 radical (unpaired) electrons. The number of aromatic nitrogens is 1. The van der Waals surface area contributed by atoms with Crippen molar-refractivity contribution in [2.45, 2.75) is 39.5 Å². The molecule has 2 aromatic heterocycles. The predicted octanol–water partition coefficient (Wildman–Crippen LogP) is 4.96. The summed E-state index contributed by atoms with van der Waals surface area (Å²) in [5.74, 6) is 1.21.